The predicted molar refractivity (Wildman–Crippen MR) is 95.8 cm³/mol. The molecule has 0 spiro atoms. The van der Waals surface area contributed by atoms with E-state index in [0.29, 0.717) is 29.0 Å². The number of fused-ring (bicyclic) bond motifs is 1. The molecule has 5 N–H and O–H groups in total. The molecule has 3 rings (SSSR count). The maximum Gasteiger partial charge on any atom is 0.163 e. The van der Waals surface area contributed by atoms with Crippen molar-refractivity contribution >= 4 is 34.7 Å². The van der Waals surface area contributed by atoms with Crippen LogP contribution in [-0.4, -0.2) is 61.3 Å². The first-order valence-electron chi connectivity index (χ1n) is 8.05. The molecule has 2 aromatic rings. The molecule has 0 saturated carbocycles. The number of hydrogen-bond acceptors (Lipinski definition) is 9. The lowest BCUT2D eigenvalue weighted by Gasteiger charge is -2.26. The zero-order valence-electron chi connectivity index (χ0n) is 14.3. The minimum Gasteiger partial charge on any atom is -0.394 e. The van der Waals surface area contributed by atoms with Gasteiger partial charge < -0.3 is 25.4 Å². The summed E-state index contributed by atoms with van der Waals surface area (Å²) in [5.74, 6) is 5.75. The van der Waals surface area contributed by atoms with Gasteiger partial charge in [0, 0.05) is 11.8 Å². The Kier molecular flexibility index (Phi) is 5.30. The molecule has 3 heterocycles. The van der Waals surface area contributed by atoms with Crippen molar-refractivity contribution in [3.05, 3.63) is 18.1 Å². The number of halogens is 1. The van der Waals surface area contributed by atoms with E-state index in [0.717, 1.165) is 0 Å². The van der Waals surface area contributed by atoms with Crippen LogP contribution in [0.15, 0.2) is 17.6 Å². The molecule has 1 aliphatic rings. The Hall–Kier alpha value is -1.98. The van der Waals surface area contributed by atoms with Crippen molar-refractivity contribution < 1.29 is 19.8 Å². The Balaban J connectivity index is 2.15. The van der Waals surface area contributed by atoms with Crippen molar-refractivity contribution in [2.45, 2.75) is 37.2 Å². The first kappa shape index (κ1) is 18.8. The van der Waals surface area contributed by atoms with Crippen LogP contribution >= 0.6 is 11.6 Å². The van der Waals surface area contributed by atoms with Crippen LogP contribution in [0.2, 0.25) is 0 Å². The Bertz CT molecular complexity index is 811. The number of rotatable bonds is 6. The lowest BCUT2D eigenvalue weighted by molar-refractivity contribution is -0.0439. The van der Waals surface area contributed by atoms with Crippen molar-refractivity contribution in [2.75, 3.05) is 18.7 Å². The van der Waals surface area contributed by atoms with Crippen LogP contribution in [0.1, 0.15) is 25.6 Å². The maximum absolute atomic E-state index is 10.4. The predicted octanol–water partition coefficient (Wildman–Crippen LogP) is 0.335. The van der Waals surface area contributed by atoms with E-state index >= 15 is 0 Å². The summed E-state index contributed by atoms with van der Waals surface area (Å²) in [6.45, 7) is 3.55. The normalized spacial score (nSPS) is 29.0. The topological polar surface area (TPSA) is 140 Å². The smallest absolute Gasteiger partial charge is 0.163 e. The molecule has 0 aliphatic carbocycles. The van der Waals surface area contributed by atoms with Gasteiger partial charge in [-0.25, -0.2) is 15.4 Å². The molecule has 11 heteroatoms. The third-order valence-electron chi connectivity index (χ3n) is 4.32. The van der Waals surface area contributed by atoms with Crippen LogP contribution < -0.4 is 11.3 Å². The largest absolute Gasteiger partial charge is 0.394 e. The van der Waals surface area contributed by atoms with Gasteiger partial charge in [-0.05, 0) is 13.8 Å². The highest BCUT2D eigenvalue weighted by molar-refractivity contribution is 6.24. The summed E-state index contributed by atoms with van der Waals surface area (Å²) in [5, 5.41) is 24.0. The van der Waals surface area contributed by atoms with E-state index in [4.69, 9.17) is 27.0 Å². The Morgan fingerprint density at radius 1 is 1.58 bits per heavy atom. The summed E-state index contributed by atoms with van der Waals surface area (Å²) in [6.07, 6.45) is 1.85. The summed E-state index contributed by atoms with van der Waals surface area (Å²) >= 11 is 6.55. The molecule has 0 amide bonds. The van der Waals surface area contributed by atoms with Crippen LogP contribution in [0.3, 0.4) is 0 Å². The summed E-state index contributed by atoms with van der Waals surface area (Å²) in [7, 11) is 0. The lowest BCUT2D eigenvalue weighted by Crippen LogP contribution is -2.39. The molecule has 2 aromatic heterocycles. The van der Waals surface area contributed by atoms with E-state index in [1.54, 1.807) is 17.7 Å². The first-order chi connectivity index (χ1) is 12.5. The van der Waals surface area contributed by atoms with E-state index in [9.17, 15) is 10.2 Å². The third-order valence-corrected chi connectivity index (χ3v) is 4.73. The van der Waals surface area contributed by atoms with Gasteiger partial charge in [-0.1, -0.05) is 0 Å². The number of nitrogens with zero attached hydrogens (tertiary/aromatic N) is 4. The summed E-state index contributed by atoms with van der Waals surface area (Å²) in [6, 6.07) is 0. The molecule has 1 fully saturated rings. The van der Waals surface area contributed by atoms with Crippen LogP contribution in [0.25, 0.3) is 11.0 Å². The molecule has 0 aromatic carbocycles. The van der Waals surface area contributed by atoms with Crippen LogP contribution in [0.5, 0.6) is 0 Å². The Labute approximate surface area is 154 Å². The van der Waals surface area contributed by atoms with Crippen molar-refractivity contribution in [3.63, 3.8) is 0 Å². The SMILES string of the molecule is CCONc1ncnc2c1c(/C=N/N)cn2[C@@H]1O[C@H](CO)[C@@H](O)[C@@]1(C)Cl. The lowest BCUT2D eigenvalue weighted by atomic mass is 10.0. The number of anilines is 1. The van der Waals surface area contributed by atoms with Crippen LogP contribution in [0.4, 0.5) is 5.82 Å². The van der Waals surface area contributed by atoms with Gasteiger partial charge in [0.05, 0.1) is 24.8 Å². The second-order valence-electron chi connectivity index (χ2n) is 6.03. The number of nitrogens with two attached hydrogens (primary N) is 1. The second-order valence-corrected chi connectivity index (χ2v) is 6.85. The number of nitrogens with one attached hydrogen (secondary N) is 1. The zero-order valence-corrected chi connectivity index (χ0v) is 15.1. The number of aliphatic hydroxyl groups excluding tert-OH is 2. The standard InChI is InChI=1S/C15H21ClN6O4/c1-3-25-21-12-10-8(4-20-17)5-22(13(10)19-7-18-12)14-15(2,16)11(24)9(6-23)26-14/h4-5,7,9,11,14,23-24H,3,6,17H2,1-2H3,(H,18,19,21)/b20-4+/t9-,11-,14-,15-/m1/s1. The average Bonchev–Trinajstić information content (AvgIpc) is 3.09. The number of aromatic nitrogens is 3. The Morgan fingerprint density at radius 2 is 2.35 bits per heavy atom. The second kappa shape index (κ2) is 7.33. The van der Waals surface area contributed by atoms with E-state index < -0.39 is 23.3 Å². The summed E-state index contributed by atoms with van der Waals surface area (Å²) in [4.78, 5) is 12.5. The van der Waals surface area contributed by atoms with Crippen molar-refractivity contribution in [1.82, 2.24) is 14.5 Å². The van der Waals surface area contributed by atoms with Gasteiger partial charge >= 0.3 is 0 Å². The monoisotopic (exact) mass is 384 g/mol. The highest BCUT2D eigenvalue weighted by atomic mass is 35.5. The highest BCUT2D eigenvalue weighted by Crippen LogP contribution is 2.45. The number of aliphatic hydroxyl groups is 2. The van der Waals surface area contributed by atoms with Crippen molar-refractivity contribution in [3.8, 4) is 0 Å². The van der Waals surface area contributed by atoms with Gasteiger partial charge in [-0.15, -0.1) is 11.6 Å². The van der Waals surface area contributed by atoms with Gasteiger partial charge in [0.15, 0.2) is 12.0 Å². The molecule has 4 atom stereocenters. The van der Waals surface area contributed by atoms with E-state index in [1.807, 2.05) is 6.92 Å². The van der Waals surface area contributed by atoms with Gasteiger partial charge in [0.2, 0.25) is 0 Å². The average molecular weight is 385 g/mol. The molecule has 10 nitrogen and oxygen atoms in total. The molecule has 26 heavy (non-hydrogen) atoms. The number of hydrogen-bond donors (Lipinski definition) is 4. The highest BCUT2D eigenvalue weighted by Gasteiger charge is 2.53. The van der Waals surface area contributed by atoms with Crippen molar-refractivity contribution in [2.24, 2.45) is 10.9 Å². The fraction of sp³-hybridized carbons (Fsp3) is 0.533. The van der Waals surface area contributed by atoms with E-state index in [2.05, 4.69) is 20.5 Å². The van der Waals surface area contributed by atoms with E-state index in [-0.39, 0.29) is 6.61 Å². The number of hydrazone groups is 1. The molecule has 142 valence electrons. The fourth-order valence-corrected chi connectivity index (χ4v) is 3.35. The van der Waals surface area contributed by atoms with Gasteiger partial charge in [-0.3, -0.25) is 4.84 Å². The number of ether oxygens (including phenoxy) is 1. The zero-order chi connectivity index (χ0) is 18.9. The molecular formula is C15H21ClN6O4. The quantitative estimate of drug-likeness (QED) is 0.242. The molecule has 0 bridgehead atoms. The molecule has 0 unspecified atom stereocenters. The maximum atomic E-state index is 10.4. The molecule has 1 saturated heterocycles. The summed E-state index contributed by atoms with van der Waals surface area (Å²) < 4.78 is 7.45. The fourth-order valence-electron chi connectivity index (χ4n) is 3.05. The minimum atomic E-state index is -1.19. The minimum absolute atomic E-state index is 0.359. The first-order valence-corrected chi connectivity index (χ1v) is 8.43. The van der Waals surface area contributed by atoms with Gasteiger partial charge in [0.25, 0.3) is 0 Å². The van der Waals surface area contributed by atoms with Crippen molar-refractivity contribution in [1.29, 1.82) is 0 Å². The third kappa shape index (κ3) is 2.99. The van der Waals surface area contributed by atoms with Gasteiger partial charge in [0.1, 0.15) is 29.1 Å². The number of alkyl halides is 1. The van der Waals surface area contributed by atoms with E-state index in [1.165, 1.54) is 12.5 Å². The molecule has 1 aliphatic heterocycles. The Morgan fingerprint density at radius 3 is 2.96 bits per heavy atom. The van der Waals surface area contributed by atoms with Crippen LogP contribution in [0, 0.1) is 0 Å². The molecular weight excluding hydrogens is 364 g/mol. The van der Waals surface area contributed by atoms with Crippen LogP contribution in [-0.2, 0) is 9.57 Å². The molecule has 0 radical (unpaired) electrons. The van der Waals surface area contributed by atoms with Gasteiger partial charge in [-0.2, -0.15) is 5.10 Å². The summed E-state index contributed by atoms with van der Waals surface area (Å²) in [5.41, 5.74) is 3.86.